The minimum absolute atomic E-state index is 0.0244. The molecule has 4 aromatic rings. The van der Waals surface area contributed by atoms with Gasteiger partial charge < -0.3 is 29.6 Å². The first-order valence-corrected chi connectivity index (χ1v) is 13.1. The van der Waals surface area contributed by atoms with Gasteiger partial charge in [-0.25, -0.2) is 14.6 Å². The quantitative estimate of drug-likeness (QED) is 0.246. The maximum absolute atomic E-state index is 13.2. The van der Waals surface area contributed by atoms with E-state index in [1.54, 1.807) is 6.92 Å². The predicted molar refractivity (Wildman–Crippen MR) is 148 cm³/mol. The van der Waals surface area contributed by atoms with E-state index in [1.807, 2.05) is 78.9 Å². The summed E-state index contributed by atoms with van der Waals surface area (Å²) in [7, 11) is 0. The highest BCUT2D eigenvalue weighted by molar-refractivity contribution is 5.88. The average Bonchev–Trinajstić information content (AvgIpc) is 3.60. The van der Waals surface area contributed by atoms with Gasteiger partial charge in [-0.1, -0.05) is 78.9 Å². The van der Waals surface area contributed by atoms with Crippen molar-refractivity contribution in [3.63, 3.8) is 0 Å². The van der Waals surface area contributed by atoms with E-state index in [2.05, 4.69) is 15.6 Å². The lowest BCUT2D eigenvalue weighted by molar-refractivity contribution is -0.127. The maximum atomic E-state index is 13.2. The summed E-state index contributed by atoms with van der Waals surface area (Å²) < 4.78 is 16.7. The van der Waals surface area contributed by atoms with Gasteiger partial charge in [-0.2, -0.15) is 0 Å². The Balaban J connectivity index is 1.26. The zero-order valence-corrected chi connectivity index (χ0v) is 22.3. The predicted octanol–water partition coefficient (Wildman–Crippen LogP) is 4.50. The van der Waals surface area contributed by atoms with Crippen LogP contribution in [0.3, 0.4) is 0 Å². The summed E-state index contributed by atoms with van der Waals surface area (Å²) in [6.45, 7) is 1.71. The zero-order chi connectivity index (χ0) is 28.8. The Labute approximate surface area is 236 Å². The number of hydrogen-bond acceptors (Lipinski definition) is 7. The topological polar surface area (TPSA) is 140 Å². The number of amides is 2. The molecule has 41 heavy (non-hydrogen) atoms. The minimum Gasteiger partial charge on any atom is -0.476 e. The van der Waals surface area contributed by atoms with Crippen LogP contribution in [0.5, 0.6) is 0 Å². The molecule has 1 heterocycles. The number of alkyl carbamates (subject to hydrolysis) is 1. The molecule has 1 aliphatic carbocycles. The van der Waals surface area contributed by atoms with E-state index >= 15 is 0 Å². The fourth-order valence-corrected chi connectivity index (χ4v) is 4.91. The van der Waals surface area contributed by atoms with Crippen molar-refractivity contribution in [1.82, 2.24) is 15.6 Å². The van der Waals surface area contributed by atoms with Crippen LogP contribution in [0.4, 0.5) is 4.79 Å². The van der Waals surface area contributed by atoms with Crippen molar-refractivity contribution in [1.29, 1.82) is 0 Å². The van der Waals surface area contributed by atoms with Crippen LogP contribution in [0.1, 0.15) is 45.8 Å². The normalized spacial score (nSPS) is 13.5. The molecule has 0 saturated heterocycles. The molecular formula is C31H29N3O7. The molecule has 1 aliphatic rings. The number of oxazole rings is 1. The molecule has 0 aliphatic heterocycles. The number of fused-ring (bicyclic) bond motifs is 3. The van der Waals surface area contributed by atoms with Gasteiger partial charge in [-0.15, -0.1) is 0 Å². The summed E-state index contributed by atoms with van der Waals surface area (Å²) in [5, 5.41) is 14.5. The van der Waals surface area contributed by atoms with Gasteiger partial charge in [0.15, 0.2) is 17.8 Å². The number of ether oxygens (including phenoxy) is 2. The molecule has 210 valence electrons. The highest BCUT2D eigenvalue weighted by Crippen LogP contribution is 2.44. The van der Waals surface area contributed by atoms with Crippen LogP contribution in [-0.4, -0.2) is 46.8 Å². The molecule has 0 bridgehead atoms. The smallest absolute Gasteiger partial charge is 0.407 e. The largest absolute Gasteiger partial charge is 0.476 e. The molecule has 3 aromatic carbocycles. The SMILES string of the molecule is C[C@H](OCc1ccccc1)[C@@H](NC(=O)OCC1c2ccccc2-c2ccccc21)C(=O)NCc1ocnc1C(=O)O. The number of nitrogens with zero attached hydrogens (tertiary/aromatic N) is 1. The van der Waals surface area contributed by atoms with E-state index < -0.39 is 30.1 Å². The van der Waals surface area contributed by atoms with Crippen molar-refractivity contribution in [3.8, 4) is 11.1 Å². The molecule has 10 nitrogen and oxygen atoms in total. The molecule has 1 aromatic heterocycles. The molecule has 0 spiro atoms. The van der Waals surface area contributed by atoms with Gasteiger partial charge in [0.1, 0.15) is 12.6 Å². The van der Waals surface area contributed by atoms with Gasteiger partial charge in [0.25, 0.3) is 0 Å². The van der Waals surface area contributed by atoms with Crippen molar-refractivity contribution >= 4 is 18.0 Å². The maximum Gasteiger partial charge on any atom is 0.407 e. The van der Waals surface area contributed by atoms with Crippen molar-refractivity contribution in [2.75, 3.05) is 6.61 Å². The molecule has 2 atom stereocenters. The standard InChI is InChI=1S/C31H29N3O7/c1-19(39-16-20-9-3-2-4-10-20)27(29(35)32-15-26-28(30(36)37)33-18-41-26)34-31(38)40-17-25-23-13-7-5-11-21(23)22-12-6-8-14-24(22)25/h2-14,18-19,25,27H,15-17H2,1H3,(H,32,35)(H,34,38)(H,36,37)/t19-,27+/m0/s1. The van der Waals surface area contributed by atoms with E-state index in [0.717, 1.165) is 34.2 Å². The van der Waals surface area contributed by atoms with Gasteiger partial charge in [-0.05, 0) is 34.7 Å². The lowest BCUT2D eigenvalue weighted by Gasteiger charge is -2.25. The van der Waals surface area contributed by atoms with Crippen LogP contribution < -0.4 is 10.6 Å². The Morgan fingerprint density at radius 3 is 2.24 bits per heavy atom. The Hall–Kier alpha value is -4.96. The molecule has 0 unspecified atom stereocenters. The van der Waals surface area contributed by atoms with Crippen LogP contribution in [0.15, 0.2) is 89.7 Å². The van der Waals surface area contributed by atoms with Crippen molar-refractivity contribution in [2.24, 2.45) is 0 Å². The van der Waals surface area contributed by atoms with Crippen molar-refractivity contribution in [3.05, 3.63) is 113 Å². The van der Waals surface area contributed by atoms with E-state index in [0.29, 0.717) is 0 Å². The zero-order valence-electron chi connectivity index (χ0n) is 22.3. The van der Waals surface area contributed by atoms with Gasteiger partial charge >= 0.3 is 12.1 Å². The van der Waals surface area contributed by atoms with Gasteiger partial charge in [0, 0.05) is 5.92 Å². The Kier molecular flexibility index (Phi) is 8.40. The molecule has 2 amide bonds. The number of rotatable bonds is 11. The van der Waals surface area contributed by atoms with E-state index in [9.17, 15) is 19.5 Å². The minimum atomic E-state index is -1.28. The van der Waals surface area contributed by atoms with Crippen LogP contribution in [0.25, 0.3) is 11.1 Å². The number of carbonyl (C=O) groups excluding carboxylic acids is 2. The fraction of sp³-hybridized carbons (Fsp3) is 0.226. The van der Waals surface area contributed by atoms with Gasteiger partial charge in [0.05, 0.1) is 19.3 Å². The molecule has 0 saturated carbocycles. The van der Waals surface area contributed by atoms with Crippen LogP contribution in [0.2, 0.25) is 0 Å². The number of hydrogen-bond donors (Lipinski definition) is 3. The first-order chi connectivity index (χ1) is 19.9. The van der Waals surface area contributed by atoms with Crippen LogP contribution >= 0.6 is 0 Å². The summed E-state index contributed by atoms with van der Waals surface area (Å²) in [5.74, 6) is -2.06. The average molecular weight is 556 g/mol. The second-order valence-corrected chi connectivity index (χ2v) is 9.60. The number of carboxylic acid groups (broad SMARTS) is 1. The molecule has 0 fully saturated rings. The Morgan fingerprint density at radius 2 is 1.59 bits per heavy atom. The highest BCUT2D eigenvalue weighted by atomic mass is 16.5. The number of carbonyl (C=O) groups is 3. The second kappa shape index (κ2) is 12.5. The summed E-state index contributed by atoms with van der Waals surface area (Å²) in [5.41, 5.74) is 4.93. The molecule has 3 N–H and O–H groups in total. The summed E-state index contributed by atoms with van der Waals surface area (Å²) in [4.78, 5) is 41.2. The van der Waals surface area contributed by atoms with Crippen LogP contribution in [0, 0.1) is 0 Å². The number of aromatic nitrogens is 1. The molecular weight excluding hydrogens is 526 g/mol. The fourth-order valence-electron chi connectivity index (χ4n) is 4.91. The molecule has 10 heteroatoms. The first-order valence-electron chi connectivity index (χ1n) is 13.1. The van der Waals surface area contributed by atoms with Gasteiger partial charge in [0.2, 0.25) is 5.91 Å². The molecule has 0 radical (unpaired) electrons. The van der Waals surface area contributed by atoms with Gasteiger partial charge in [-0.3, -0.25) is 4.79 Å². The van der Waals surface area contributed by atoms with E-state index in [-0.39, 0.29) is 37.1 Å². The number of carboxylic acids is 1. The van der Waals surface area contributed by atoms with Crippen molar-refractivity contribution in [2.45, 2.75) is 38.1 Å². The monoisotopic (exact) mass is 555 g/mol. The third-order valence-corrected chi connectivity index (χ3v) is 6.99. The summed E-state index contributed by atoms with van der Waals surface area (Å²) in [6.07, 6.45) is -0.555. The first kappa shape index (κ1) is 27.6. The van der Waals surface area contributed by atoms with Crippen LogP contribution in [-0.2, 0) is 27.4 Å². The third kappa shape index (κ3) is 6.28. The summed E-state index contributed by atoms with van der Waals surface area (Å²) in [6, 6.07) is 24.3. The lowest BCUT2D eigenvalue weighted by Crippen LogP contribution is -2.53. The summed E-state index contributed by atoms with van der Waals surface area (Å²) >= 11 is 0. The number of benzene rings is 3. The molecule has 5 rings (SSSR count). The lowest BCUT2D eigenvalue weighted by atomic mass is 9.98. The van der Waals surface area contributed by atoms with Crippen molar-refractivity contribution < 1.29 is 33.4 Å². The Bertz CT molecular complexity index is 1490. The Morgan fingerprint density at radius 1 is 0.951 bits per heavy atom. The third-order valence-electron chi connectivity index (χ3n) is 6.99. The van der Waals surface area contributed by atoms with E-state index in [1.165, 1.54) is 0 Å². The highest BCUT2D eigenvalue weighted by Gasteiger charge is 2.32. The number of nitrogens with one attached hydrogen (secondary N) is 2. The second-order valence-electron chi connectivity index (χ2n) is 9.60. The van der Waals surface area contributed by atoms with E-state index in [4.69, 9.17) is 13.9 Å². The number of aromatic carboxylic acids is 1.